The van der Waals surface area contributed by atoms with Crippen molar-refractivity contribution in [1.29, 1.82) is 0 Å². The van der Waals surface area contributed by atoms with Gasteiger partial charge in [-0.25, -0.2) is 0 Å². The molecule has 92 valence electrons. The normalized spacial score (nSPS) is 23.6. The van der Waals surface area contributed by atoms with Crippen molar-refractivity contribution < 1.29 is 4.79 Å². The minimum Gasteiger partial charge on any atom is -0.352 e. The molecule has 0 heterocycles. The van der Waals surface area contributed by atoms with Gasteiger partial charge in [-0.1, -0.05) is 28.4 Å². The molecule has 1 fully saturated rings. The number of hydrogen-bond donors (Lipinski definition) is 1. The number of amides is 1. The Balaban J connectivity index is 1.89. The molecular formula is C13H15BrINO. The van der Waals surface area contributed by atoms with Gasteiger partial charge >= 0.3 is 0 Å². The van der Waals surface area contributed by atoms with Crippen LogP contribution < -0.4 is 5.32 Å². The minimum atomic E-state index is 0.0371. The first-order chi connectivity index (χ1) is 8.16. The van der Waals surface area contributed by atoms with Gasteiger partial charge in [0.1, 0.15) is 0 Å². The van der Waals surface area contributed by atoms with Crippen LogP contribution in [0.2, 0.25) is 0 Å². The Labute approximate surface area is 124 Å². The molecule has 4 heteroatoms. The first kappa shape index (κ1) is 13.3. The molecule has 1 aromatic rings. The Morgan fingerprint density at radius 1 is 1.47 bits per heavy atom. The van der Waals surface area contributed by atoms with E-state index < -0.39 is 0 Å². The minimum absolute atomic E-state index is 0.0371. The Morgan fingerprint density at radius 2 is 2.29 bits per heavy atom. The van der Waals surface area contributed by atoms with E-state index in [2.05, 4.69) is 43.8 Å². The molecule has 2 nitrogen and oxygen atoms in total. The van der Waals surface area contributed by atoms with Gasteiger partial charge in [0.2, 0.25) is 0 Å². The maximum absolute atomic E-state index is 11.9. The highest BCUT2D eigenvalue weighted by Gasteiger charge is 2.25. The third kappa shape index (κ3) is 3.68. The summed E-state index contributed by atoms with van der Waals surface area (Å²) in [4.78, 5) is 12.5. The highest BCUT2D eigenvalue weighted by Crippen LogP contribution is 2.30. The standard InChI is InChI=1S/C13H15BrINO/c14-12-6-2-4-10(12)8-16-13(17)9-3-1-5-11(15)7-9/h1,3,5,7,10,12H,2,4,6,8H2,(H,16,17). The number of carbonyl (C=O) groups is 1. The van der Waals surface area contributed by atoms with E-state index in [4.69, 9.17) is 0 Å². The summed E-state index contributed by atoms with van der Waals surface area (Å²) >= 11 is 5.89. The molecule has 1 amide bonds. The van der Waals surface area contributed by atoms with Crippen molar-refractivity contribution >= 4 is 44.4 Å². The SMILES string of the molecule is O=C(NCC1CCCC1Br)c1cccc(I)c1. The van der Waals surface area contributed by atoms with E-state index >= 15 is 0 Å². The Bertz CT molecular complexity index is 410. The smallest absolute Gasteiger partial charge is 0.251 e. The largest absolute Gasteiger partial charge is 0.352 e. The maximum atomic E-state index is 11.9. The lowest BCUT2D eigenvalue weighted by Crippen LogP contribution is -2.30. The predicted molar refractivity (Wildman–Crippen MR) is 81.5 cm³/mol. The van der Waals surface area contributed by atoms with Crippen LogP contribution in [0.15, 0.2) is 24.3 Å². The highest BCUT2D eigenvalue weighted by atomic mass is 127. The number of nitrogens with one attached hydrogen (secondary N) is 1. The van der Waals surface area contributed by atoms with Crippen LogP contribution in [0, 0.1) is 9.49 Å². The van der Waals surface area contributed by atoms with Crippen molar-refractivity contribution in [1.82, 2.24) is 5.32 Å². The van der Waals surface area contributed by atoms with Crippen molar-refractivity contribution in [3.63, 3.8) is 0 Å². The van der Waals surface area contributed by atoms with E-state index in [0.717, 1.165) is 15.7 Å². The third-order valence-corrected chi connectivity index (χ3v) is 5.05. The Hall–Kier alpha value is -0.100. The number of halogens is 2. The molecule has 0 aromatic heterocycles. The van der Waals surface area contributed by atoms with E-state index in [1.165, 1.54) is 19.3 Å². The summed E-state index contributed by atoms with van der Waals surface area (Å²) < 4.78 is 1.09. The second kappa shape index (κ2) is 6.18. The number of hydrogen-bond acceptors (Lipinski definition) is 1. The lowest BCUT2D eigenvalue weighted by atomic mass is 10.1. The summed E-state index contributed by atoms with van der Waals surface area (Å²) in [6.45, 7) is 0.778. The molecule has 1 aromatic carbocycles. The zero-order chi connectivity index (χ0) is 12.3. The van der Waals surface area contributed by atoms with E-state index in [-0.39, 0.29) is 5.91 Å². The van der Waals surface area contributed by atoms with Gasteiger partial charge in [-0.15, -0.1) is 0 Å². The fourth-order valence-corrected chi connectivity index (χ4v) is 3.50. The topological polar surface area (TPSA) is 29.1 Å². The molecule has 0 spiro atoms. The zero-order valence-electron chi connectivity index (χ0n) is 9.46. The number of alkyl halides is 1. The lowest BCUT2D eigenvalue weighted by molar-refractivity contribution is 0.0948. The summed E-state index contributed by atoms with van der Waals surface area (Å²) in [6.07, 6.45) is 3.70. The van der Waals surface area contributed by atoms with E-state index in [0.29, 0.717) is 10.7 Å². The van der Waals surface area contributed by atoms with E-state index in [1.807, 2.05) is 24.3 Å². The van der Waals surface area contributed by atoms with Crippen molar-refractivity contribution in [2.75, 3.05) is 6.54 Å². The highest BCUT2D eigenvalue weighted by molar-refractivity contribution is 14.1. The summed E-state index contributed by atoms with van der Waals surface area (Å²) in [5, 5.41) is 3.03. The number of rotatable bonds is 3. The van der Waals surface area contributed by atoms with Crippen molar-refractivity contribution in [3.8, 4) is 0 Å². The molecule has 0 aliphatic heterocycles. The molecule has 2 atom stereocenters. The number of benzene rings is 1. The van der Waals surface area contributed by atoms with Gasteiger partial charge in [0.25, 0.3) is 5.91 Å². The average Bonchev–Trinajstić information content (AvgIpc) is 2.72. The monoisotopic (exact) mass is 407 g/mol. The molecule has 2 rings (SSSR count). The van der Waals surface area contributed by atoms with Crippen LogP contribution >= 0.6 is 38.5 Å². The van der Waals surface area contributed by atoms with Crippen LogP contribution in [0.25, 0.3) is 0 Å². The van der Waals surface area contributed by atoms with Gasteiger partial charge in [-0.05, 0) is 59.5 Å². The molecule has 17 heavy (non-hydrogen) atoms. The lowest BCUT2D eigenvalue weighted by Gasteiger charge is -2.14. The number of carbonyl (C=O) groups excluding carboxylic acids is 1. The quantitative estimate of drug-likeness (QED) is 0.602. The van der Waals surface area contributed by atoms with Crippen molar-refractivity contribution in [3.05, 3.63) is 33.4 Å². The van der Waals surface area contributed by atoms with Crippen LogP contribution in [0.3, 0.4) is 0 Å². The van der Waals surface area contributed by atoms with Crippen LogP contribution in [0.4, 0.5) is 0 Å². The van der Waals surface area contributed by atoms with Crippen molar-refractivity contribution in [2.24, 2.45) is 5.92 Å². The third-order valence-electron chi connectivity index (χ3n) is 3.18. The average molecular weight is 408 g/mol. The molecule has 0 saturated heterocycles. The summed E-state index contributed by atoms with van der Waals surface area (Å²) in [7, 11) is 0. The summed E-state index contributed by atoms with van der Waals surface area (Å²) in [5.74, 6) is 0.622. The van der Waals surface area contributed by atoms with E-state index in [9.17, 15) is 4.79 Å². The van der Waals surface area contributed by atoms with Gasteiger partial charge < -0.3 is 5.32 Å². The Kier molecular flexibility index (Phi) is 4.85. The summed E-state index contributed by atoms with van der Waals surface area (Å²) in [5.41, 5.74) is 0.751. The second-order valence-corrected chi connectivity index (χ2v) is 6.85. The van der Waals surface area contributed by atoms with Crippen LogP contribution in [0.5, 0.6) is 0 Å². The van der Waals surface area contributed by atoms with Gasteiger partial charge in [0, 0.05) is 20.5 Å². The molecule has 0 radical (unpaired) electrons. The van der Waals surface area contributed by atoms with Crippen LogP contribution in [-0.2, 0) is 0 Å². The van der Waals surface area contributed by atoms with Gasteiger partial charge in [-0.2, -0.15) is 0 Å². The molecular weight excluding hydrogens is 393 g/mol. The van der Waals surface area contributed by atoms with Crippen LogP contribution in [0.1, 0.15) is 29.6 Å². The Morgan fingerprint density at radius 3 is 2.94 bits per heavy atom. The first-order valence-corrected chi connectivity index (χ1v) is 7.84. The fourth-order valence-electron chi connectivity index (χ4n) is 2.18. The van der Waals surface area contributed by atoms with Crippen molar-refractivity contribution in [2.45, 2.75) is 24.1 Å². The molecule has 1 saturated carbocycles. The summed E-state index contributed by atoms with van der Waals surface area (Å²) in [6, 6.07) is 7.68. The molecule has 1 aliphatic rings. The van der Waals surface area contributed by atoms with Crippen LogP contribution in [-0.4, -0.2) is 17.3 Å². The molecule has 0 bridgehead atoms. The maximum Gasteiger partial charge on any atom is 0.251 e. The van der Waals surface area contributed by atoms with Gasteiger partial charge in [-0.3, -0.25) is 4.79 Å². The fraction of sp³-hybridized carbons (Fsp3) is 0.462. The van der Waals surface area contributed by atoms with E-state index in [1.54, 1.807) is 0 Å². The zero-order valence-corrected chi connectivity index (χ0v) is 13.2. The molecule has 1 N–H and O–H groups in total. The molecule has 2 unspecified atom stereocenters. The van der Waals surface area contributed by atoms with Gasteiger partial charge in [0.15, 0.2) is 0 Å². The first-order valence-electron chi connectivity index (χ1n) is 5.84. The molecule has 1 aliphatic carbocycles. The second-order valence-electron chi connectivity index (χ2n) is 4.43. The predicted octanol–water partition coefficient (Wildman–Crippen LogP) is 3.58. The van der Waals surface area contributed by atoms with Gasteiger partial charge in [0.05, 0.1) is 0 Å².